The van der Waals surface area contributed by atoms with Crippen LogP contribution in [0.3, 0.4) is 0 Å². The van der Waals surface area contributed by atoms with Gasteiger partial charge in [0, 0.05) is 33.6 Å². The second kappa shape index (κ2) is 9.88. The minimum Gasteiger partial charge on any atom is -0.349 e. The van der Waals surface area contributed by atoms with E-state index in [1.165, 1.54) is 10.5 Å². The van der Waals surface area contributed by atoms with Gasteiger partial charge in [0.15, 0.2) is 9.84 Å². The summed E-state index contributed by atoms with van der Waals surface area (Å²) in [7, 11) is -0.194. The minimum absolute atomic E-state index is 0.1000. The standard InChI is InChI=1S/C20H30N2O4S/c1-21(2)19(23)9-6-14-27(25,26)16-20(24)22-12-10-18(11-13-22)15-17-7-4-3-5-8-17/h3-5,7-8,18H,6,9-16H2,1-2H3. The molecule has 1 aliphatic rings. The first-order valence-corrected chi connectivity index (χ1v) is 11.3. The van der Waals surface area contributed by atoms with Gasteiger partial charge in [0.1, 0.15) is 5.75 Å². The van der Waals surface area contributed by atoms with E-state index in [0.29, 0.717) is 19.0 Å². The molecule has 0 radical (unpaired) electrons. The van der Waals surface area contributed by atoms with Crippen LogP contribution in [0.15, 0.2) is 30.3 Å². The maximum atomic E-state index is 12.4. The molecule has 0 spiro atoms. The quantitative estimate of drug-likeness (QED) is 0.673. The van der Waals surface area contributed by atoms with Gasteiger partial charge < -0.3 is 9.80 Å². The van der Waals surface area contributed by atoms with Crippen LogP contribution < -0.4 is 0 Å². The summed E-state index contributed by atoms with van der Waals surface area (Å²) in [5, 5.41) is 0. The average Bonchev–Trinajstić information content (AvgIpc) is 2.62. The van der Waals surface area contributed by atoms with Crippen LogP contribution in [-0.4, -0.2) is 68.7 Å². The second-order valence-corrected chi connectivity index (χ2v) is 9.68. The van der Waals surface area contributed by atoms with Gasteiger partial charge in [-0.2, -0.15) is 0 Å². The van der Waals surface area contributed by atoms with Crippen LogP contribution in [0.4, 0.5) is 0 Å². The Kier molecular flexibility index (Phi) is 7.83. The lowest BCUT2D eigenvalue weighted by atomic mass is 9.90. The molecule has 0 N–H and O–H groups in total. The highest BCUT2D eigenvalue weighted by atomic mass is 32.2. The summed E-state index contributed by atoms with van der Waals surface area (Å²) in [6, 6.07) is 10.3. The summed E-state index contributed by atoms with van der Waals surface area (Å²) < 4.78 is 24.3. The number of sulfone groups is 1. The van der Waals surface area contributed by atoms with Crippen LogP contribution in [0.2, 0.25) is 0 Å². The number of likely N-dealkylation sites (tertiary alicyclic amines) is 1. The molecular formula is C20H30N2O4S. The van der Waals surface area contributed by atoms with Crippen LogP contribution in [0.5, 0.6) is 0 Å². The number of piperidine rings is 1. The molecule has 1 aliphatic heterocycles. The highest BCUT2D eigenvalue weighted by Gasteiger charge is 2.26. The first kappa shape index (κ1) is 21.4. The van der Waals surface area contributed by atoms with E-state index in [1.54, 1.807) is 19.0 Å². The lowest BCUT2D eigenvalue weighted by Crippen LogP contribution is -2.42. The third-order valence-electron chi connectivity index (χ3n) is 5.02. The lowest BCUT2D eigenvalue weighted by Gasteiger charge is -2.32. The van der Waals surface area contributed by atoms with E-state index in [4.69, 9.17) is 0 Å². The summed E-state index contributed by atoms with van der Waals surface area (Å²) in [4.78, 5) is 27.0. The van der Waals surface area contributed by atoms with Gasteiger partial charge >= 0.3 is 0 Å². The largest absolute Gasteiger partial charge is 0.349 e. The predicted octanol–water partition coefficient (Wildman–Crippen LogP) is 1.75. The van der Waals surface area contributed by atoms with E-state index in [-0.39, 0.29) is 30.4 Å². The van der Waals surface area contributed by atoms with Crippen LogP contribution in [-0.2, 0) is 25.8 Å². The Hall–Kier alpha value is -1.89. The highest BCUT2D eigenvalue weighted by molar-refractivity contribution is 7.92. The molecule has 0 aromatic heterocycles. The monoisotopic (exact) mass is 394 g/mol. The zero-order chi connectivity index (χ0) is 19.9. The maximum Gasteiger partial charge on any atom is 0.237 e. The summed E-state index contributed by atoms with van der Waals surface area (Å²) in [6.07, 6.45) is 3.24. The summed E-state index contributed by atoms with van der Waals surface area (Å²) in [6.45, 7) is 1.23. The molecule has 6 nitrogen and oxygen atoms in total. The van der Waals surface area contributed by atoms with E-state index in [2.05, 4.69) is 12.1 Å². The molecule has 0 saturated carbocycles. The van der Waals surface area contributed by atoms with Crippen molar-refractivity contribution in [1.82, 2.24) is 9.80 Å². The third kappa shape index (κ3) is 7.33. The molecule has 2 rings (SSSR count). The van der Waals surface area contributed by atoms with Gasteiger partial charge in [-0.3, -0.25) is 9.59 Å². The number of carbonyl (C=O) groups is 2. The fourth-order valence-electron chi connectivity index (χ4n) is 3.35. The molecule has 1 fully saturated rings. The number of rotatable bonds is 8. The molecule has 1 heterocycles. The molecule has 0 atom stereocenters. The molecule has 0 unspecified atom stereocenters. The Balaban J connectivity index is 1.74. The molecule has 2 amide bonds. The van der Waals surface area contributed by atoms with E-state index in [0.717, 1.165) is 19.3 Å². The van der Waals surface area contributed by atoms with Crippen molar-refractivity contribution in [2.75, 3.05) is 38.7 Å². The second-order valence-electron chi connectivity index (χ2n) is 7.50. The summed E-state index contributed by atoms with van der Waals surface area (Å²) in [5.41, 5.74) is 1.30. The molecule has 1 aromatic carbocycles. The summed E-state index contributed by atoms with van der Waals surface area (Å²) in [5.74, 6) is -0.454. The number of nitrogens with zero attached hydrogens (tertiary/aromatic N) is 2. The zero-order valence-electron chi connectivity index (χ0n) is 16.3. The first-order chi connectivity index (χ1) is 12.8. The number of carbonyl (C=O) groups excluding carboxylic acids is 2. The Morgan fingerprint density at radius 2 is 1.74 bits per heavy atom. The smallest absolute Gasteiger partial charge is 0.237 e. The Morgan fingerprint density at radius 3 is 2.33 bits per heavy atom. The molecule has 1 saturated heterocycles. The summed E-state index contributed by atoms with van der Waals surface area (Å²) >= 11 is 0. The van der Waals surface area contributed by atoms with Crippen LogP contribution in [0.1, 0.15) is 31.2 Å². The molecule has 1 aromatic rings. The van der Waals surface area contributed by atoms with Crippen molar-refractivity contribution >= 4 is 21.7 Å². The number of benzene rings is 1. The van der Waals surface area contributed by atoms with Crippen LogP contribution in [0, 0.1) is 5.92 Å². The van der Waals surface area contributed by atoms with Gasteiger partial charge in [-0.05, 0) is 37.2 Å². The normalized spacial score (nSPS) is 15.6. The Morgan fingerprint density at radius 1 is 1.11 bits per heavy atom. The van der Waals surface area contributed by atoms with Gasteiger partial charge in [-0.15, -0.1) is 0 Å². The van der Waals surface area contributed by atoms with E-state index < -0.39 is 15.6 Å². The van der Waals surface area contributed by atoms with E-state index in [9.17, 15) is 18.0 Å². The number of amides is 2. The predicted molar refractivity (Wildman–Crippen MR) is 106 cm³/mol. The molecular weight excluding hydrogens is 364 g/mol. The van der Waals surface area contributed by atoms with Gasteiger partial charge in [-0.1, -0.05) is 30.3 Å². The highest BCUT2D eigenvalue weighted by Crippen LogP contribution is 2.22. The topological polar surface area (TPSA) is 74.8 Å². The number of hydrogen-bond acceptors (Lipinski definition) is 4. The SMILES string of the molecule is CN(C)C(=O)CCCS(=O)(=O)CC(=O)N1CCC(Cc2ccccc2)CC1. The molecule has 0 aliphatic carbocycles. The average molecular weight is 395 g/mol. The third-order valence-corrected chi connectivity index (χ3v) is 6.62. The molecule has 27 heavy (non-hydrogen) atoms. The van der Waals surface area contributed by atoms with E-state index in [1.807, 2.05) is 18.2 Å². The molecule has 7 heteroatoms. The Labute approximate surface area is 162 Å². The fraction of sp³-hybridized carbons (Fsp3) is 0.600. The number of hydrogen-bond donors (Lipinski definition) is 0. The van der Waals surface area contributed by atoms with Gasteiger partial charge in [0.2, 0.25) is 11.8 Å². The van der Waals surface area contributed by atoms with Crippen LogP contribution >= 0.6 is 0 Å². The van der Waals surface area contributed by atoms with Gasteiger partial charge in [-0.25, -0.2) is 8.42 Å². The van der Waals surface area contributed by atoms with E-state index >= 15 is 0 Å². The molecule has 150 valence electrons. The van der Waals surface area contributed by atoms with Crippen molar-refractivity contribution in [2.24, 2.45) is 5.92 Å². The maximum absolute atomic E-state index is 12.4. The van der Waals surface area contributed by atoms with Crippen molar-refractivity contribution in [1.29, 1.82) is 0 Å². The lowest BCUT2D eigenvalue weighted by molar-refractivity contribution is -0.130. The van der Waals surface area contributed by atoms with Gasteiger partial charge in [0.05, 0.1) is 5.75 Å². The fourth-order valence-corrected chi connectivity index (χ4v) is 4.64. The van der Waals surface area contributed by atoms with Crippen molar-refractivity contribution in [3.8, 4) is 0 Å². The first-order valence-electron chi connectivity index (χ1n) is 9.49. The zero-order valence-corrected chi connectivity index (χ0v) is 17.1. The molecule has 0 bridgehead atoms. The Bertz CT molecular complexity index is 724. The van der Waals surface area contributed by atoms with Crippen molar-refractivity contribution in [3.63, 3.8) is 0 Å². The van der Waals surface area contributed by atoms with Crippen molar-refractivity contribution < 1.29 is 18.0 Å². The minimum atomic E-state index is -3.48. The van der Waals surface area contributed by atoms with Crippen molar-refractivity contribution in [2.45, 2.75) is 32.1 Å². The van der Waals surface area contributed by atoms with Crippen LogP contribution in [0.25, 0.3) is 0 Å². The van der Waals surface area contributed by atoms with Crippen molar-refractivity contribution in [3.05, 3.63) is 35.9 Å². The van der Waals surface area contributed by atoms with Gasteiger partial charge in [0.25, 0.3) is 0 Å².